The average Bonchev–Trinajstić information content (AvgIpc) is 3.04. The number of nitrogens with one attached hydrogen (secondary N) is 1. The van der Waals surface area contributed by atoms with E-state index in [1.165, 1.54) is 0 Å². The summed E-state index contributed by atoms with van der Waals surface area (Å²) in [5.41, 5.74) is 0. The predicted molar refractivity (Wildman–Crippen MR) is 91.4 cm³/mol. The van der Waals surface area contributed by atoms with Crippen LogP contribution >= 0.6 is 11.8 Å². The fourth-order valence-corrected chi connectivity index (χ4v) is 3.91. The summed E-state index contributed by atoms with van der Waals surface area (Å²) in [4.78, 5) is 15.4. The van der Waals surface area contributed by atoms with Gasteiger partial charge in [-0.1, -0.05) is 0 Å². The third-order valence-corrected chi connectivity index (χ3v) is 5.23. The molecular weight excluding hydrogens is 312 g/mol. The van der Waals surface area contributed by atoms with E-state index >= 15 is 0 Å². The van der Waals surface area contributed by atoms with E-state index < -0.39 is 0 Å². The highest BCUT2D eigenvalue weighted by atomic mass is 32.2. The number of likely N-dealkylation sites (tertiary alicyclic amines) is 1. The number of carbonyl (C=O) groups excluding carboxylic acids is 1. The SMILES string of the molecule is CNCC1CCN(C(=O)CCSc2ccc3c(c2)OCCO3)C1. The maximum Gasteiger partial charge on any atom is 0.223 e. The quantitative estimate of drug-likeness (QED) is 0.806. The lowest BCUT2D eigenvalue weighted by molar-refractivity contribution is -0.129. The second kappa shape index (κ2) is 7.93. The monoisotopic (exact) mass is 336 g/mol. The number of benzene rings is 1. The molecule has 0 spiro atoms. The smallest absolute Gasteiger partial charge is 0.223 e. The lowest BCUT2D eigenvalue weighted by Gasteiger charge is -2.19. The van der Waals surface area contributed by atoms with E-state index in [0.29, 0.717) is 25.6 Å². The van der Waals surface area contributed by atoms with Crippen LogP contribution in [0.2, 0.25) is 0 Å². The van der Waals surface area contributed by atoms with Gasteiger partial charge in [-0.2, -0.15) is 0 Å². The van der Waals surface area contributed by atoms with Crippen molar-refractivity contribution in [2.24, 2.45) is 5.92 Å². The number of fused-ring (bicyclic) bond motifs is 1. The zero-order valence-electron chi connectivity index (χ0n) is 13.5. The number of hydrogen-bond acceptors (Lipinski definition) is 5. The van der Waals surface area contributed by atoms with Gasteiger partial charge in [-0.05, 0) is 44.1 Å². The summed E-state index contributed by atoms with van der Waals surface area (Å²) in [6, 6.07) is 5.98. The Hall–Kier alpha value is -1.40. The molecule has 5 nitrogen and oxygen atoms in total. The summed E-state index contributed by atoms with van der Waals surface area (Å²) in [6.45, 7) is 4.00. The molecule has 6 heteroatoms. The minimum atomic E-state index is 0.272. The van der Waals surface area contributed by atoms with Gasteiger partial charge in [0.25, 0.3) is 0 Å². The summed E-state index contributed by atoms with van der Waals surface area (Å²) in [5.74, 6) is 3.29. The maximum atomic E-state index is 12.3. The molecule has 2 aliphatic heterocycles. The summed E-state index contributed by atoms with van der Waals surface area (Å²) >= 11 is 1.70. The highest BCUT2D eigenvalue weighted by Crippen LogP contribution is 2.34. The second-order valence-corrected chi connectivity index (χ2v) is 7.12. The molecule has 0 saturated carbocycles. The first-order valence-corrected chi connectivity index (χ1v) is 9.19. The summed E-state index contributed by atoms with van der Waals surface area (Å²) in [6.07, 6.45) is 1.70. The van der Waals surface area contributed by atoms with Crippen LogP contribution in [-0.4, -0.2) is 56.5 Å². The standard InChI is InChI=1S/C17H24N2O3S/c1-18-11-13-4-6-19(12-13)17(20)5-9-23-14-2-3-15-16(10-14)22-8-7-21-15/h2-3,10,13,18H,4-9,11-12H2,1H3. The molecule has 2 heterocycles. The van der Waals surface area contributed by atoms with Crippen LogP contribution in [0.1, 0.15) is 12.8 Å². The van der Waals surface area contributed by atoms with Gasteiger partial charge in [0, 0.05) is 30.2 Å². The van der Waals surface area contributed by atoms with Crippen molar-refractivity contribution < 1.29 is 14.3 Å². The molecule has 0 aromatic heterocycles. The number of thioether (sulfide) groups is 1. The highest BCUT2D eigenvalue weighted by molar-refractivity contribution is 7.99. The first-order valence-electron chi connectivity index (χ1n) is 8.21. The molecule has 1 atom stereocenters. The van der Waals surface area contributed by atoms with Crippen LogP contribution in [0.4, 0.5) is 0 Å². The molecule has 0 radical (unpaired) electrons. The number of nitrogens with zero attached hydrogens (tertiary/aromatic N) is 1. The van der Waals surface area contributed by atoms with Crippen LogP contribution < -0.4 is 14.8 Å². The Morgan fingerprint density at radius 2 is 2.17 bits per heavy atom. The Morgan fingerprint density at radius 3 is 3.00 bits per heavy atom. The fourth-order valence-electron chi connectivity index (χ4n) is 3.04. The fraction of sp³-hybridized carbons (Fsp3) is 0.588. The molecule has 1 unspecified atom stereocenters. The van der Waals surface area contributed by atoms with Gasteiger partial charge in [-0.3, -0.25) is 4.79 Å². The largest absolute Gasteiger partial charge is 0.486 e. The van der Waals surface area contributed by atoms with Gasteiger partial charge in [0.1, 0.15) is 13.2 Å². The van der Waals surface area contributed by atoms with Gasteiger partial charge in [-0.15, -0.1) is 11.8 Å². The van der Waals surface area contributed by atoms with Crippen molar-refractivity contribution in [2.45, 2.75) is 17.7 Å². The summed E-state index contributed by atoms with van der Waals surface area (Å²) < 4.78 is 11.1. The lowest BCUT2D eigenvalue weighted by Crippen LogP contribution is -2.30. The molecule has 1 aromatic carbocycles. The lowest BCUT2D eigenvalue weighted by atomic mass is 10.1. The van der Waals surface area contributed by atoms with Crippen molar-refractivity contribution in [3.05, 3.63) is 18.2 Å². The Bertz CT molecular complexity index is 553. The normalized spacial score (nSPS) is 19.9. The van der Waals surface area contributed by atoms with E-state index in [2.05, 4.69) is 5.32 Å². The van der Waals surface area contributed by atoms with Crippen LogP contribution in [0.5, 0.6) is 11.5 Å². The van der Waals surface area contributed by atoms with Crippen LogP contribution in [-0.2, 0) is 4.79 Å². The van der Waals surface area contributed by atoms with E-state index in [4.69, 9.17) is 9.47 Å². The Kier molecular flexibility index (Phi) is 5.67. The molecule has 126 valence electrons. The van der Waals surface area contributed by atoms with E-state index in [1.54, 1.807) is 11.8 Å². The molecular formula is C17H24N2O3S. The predicted octanol–water partition coefficient (Wildman–Crippen LogP) is 2.01. The summed E-state index contributed by atoms with van der Waals surface area (Å²) in [7, 11) is 1.97. The van der Waals surface area contributed by atoms with E-state index in [9.17, 15) is 4.79 Å². The minimum absolute atomic E-state index is 0.272. The number of carbonyl (C=O) groups is 1. The van der Waals surface area contributed by atoms with Gasteiger partial charge in [-0.25, -0.2) is 0 Å². The van der Waals surface area contributed by atoms with Gasteiger partial charge in [0.15, 0.2) is 11.5 Å². The number of amides is 1. The number of rotatable bonds is 6. The topological polar surface area (TPSA) is 50.8 Å². The van der Waals surface area contributed by atoms with E-state index in [0.717, 1.165) is 48.2 Å². The Labute approximate surface area is 141 Å². The van der Waals surface area contributed by atoms with Crippen molar-refractivity contribution in [3.8, 4) is 11.5 Å². The van der Waals surface area contributed by atoms with Gasteiger partial charge in [0.2, 0.25) is 5.91 Å². The molecule has 1 saturated heterocycles. The number of ether oxygens (including phenoxy) is 2. The van der Waals surface area contributed by atoms with Crippen molar-refractivity contribution in [1.82, 2.24) is 10.2 Å². The number of hydrogen-bond donors (Lipinski definition) is 1. The third-order valence-electron chi connectivity index (χ3n) is 4.23. The van der Waals surface area contributed by atoms with Crippen molar-refractivity contribution in [1.29, 1.82) is 0 Å². The Balaban J connectivity index is 1.43. The zero-order chi connectivity index (χ0) is 16.1. The van der Waals surface area contributed by atoms with Crippen molar-refractivity contribution >= 4 is 17.7 Å². The molecule has 23 heavy (non-hydrogen) atoms. The molecule has 3 rings (SSSR count). The van der Waals surface area contributed by atoms with E-state index in [1.807, 2.05) is 30.1 Å². The van der Waals surface area contributed by atoms with Gasteiger partial charge >= 0.3 is 0 Å². The summed E-state index contributed by atoms with van der Waals surface area (Å²) in [5, 5.41) is 3.19. The van der Waals surface area contributed by atoms with E-state index in [-0.39, 0.29) is 5.91 Å². The van der Waals surface area contributed by atoms with Crippen LogP contribution in [0.15, 0.2) is 23.1 Å². The maximum absolute atomic E-state index is 12.3. The third kappa shape index (κ3) is 4.32. The molecule has 1 aromatic rings. The molecule has 1 amide bonds. The molecule has 0 aliphatic carbocycles. The van der Waals surface area contributed by atoms with Crippen molar-refractivity contribution in [3.63, 3.8) is 0 Å². The first kappa shape index (κ1) is 16.5. The van der Waals surface area contributed by atoms with Crippen LogP contribution in [0.25, 0.3) is 0 Å². The van der Waals surface area contributed by atoms with Crippen molar-refractivity contribution in [2.75, 3.05) is 45.6 Å². The molecule has 0 bridgehead atoms. The highest BCUT2D eigenvalue weighted by Gasteiger charge is 2.25. The molecule has 1 fully saturated rings. The van der Waals surface area contributed by atoms with Gasteiger partial charge in [0.05, 0.1) is 0 Å². The van der Waals surface area contributed by atoms with Gasteiger partial charge < -0.3 is 19.7 Å². The molecule has 1 N–H and O–H groups in total. The minimum Gasteiger partial charge on any atom is -0.486 e. The molecule has 2 aliphatic rings. The Morgan fingerprint density at radius 1 is 1.35 bits per heavy atom. The van der Waals surface area contributed by atoms with Crippen LogP contribution in [0, 0.1) is 5.92 Å². The first-order chi connectivity index (χ1) is 11.3. The zero-order valence-corrected chi connectivity index (χ0v) is 14.4. The van der Waals surface area contributed by atoms with Crippen LogP contribution in [0.3, 0.4) is 0 Å². The second-order valence-electron chi connectivity index (χ2n) is 5.96. The average molecular weight is 336 g/mol.